The van der Waals surface area contributed by atoms with Crippen LogP contribution in [0.4, 0.5) is 5.69 Å². The van der Waals surface area contributed by atoms with E-state index in [0.29, 0.717) is 0 Å². The minimum absolute atomic E-state index is 0.174. The van der Waals surface area contributed by atoms with E-state index in [1.165, 1.54) is 0 Å². The van der Waals surface area contributed by atoms with Gasteiger partial charge in [0, 0.05) is 0 Å². The van der Waals surface area contributed by atoms with Gasteiger partial charge in [-0.3, -0.25) is 0 Å². The largest absolute Gasteiger partial charge is 0.398 e. The molecule has 0 heterocycles. The van der Waals surface area contributed by atoms with Crippen LogP contribution in [0.3, 0.4) is 0 Å². The first-order valence-electron chi connectivity index (χ1n) is 3.30. The maximum absolute atomic E-state index is 11.1. The summed E-state index contributed by atoms with van der Waals surface area (Å²) in [5, 5.41) is 0. The number of rotatable bonds is 1. The number of nitrogen functional groups attached to an aromatic ring is 1. The summed E-state index contributed by atoms with van der Waals surface area (Å²) in [7, 11) is -1.49. The molecule has 1 aromatic rings. The molecule has 12 heavy (non-hydrogen) atoms. The van der Waals surface area contributed by atoms with Gasteiger partial charge in [0.1, 0.15) is 0 Å². The van der Waals surface area contributed by atoms with Crippen molar-refractivity contribution in [2.75, 3.05) is 5.73 Å². The zero-order valence-corrected chi connectivity index (χ0v) is 8.58. The van der Waals surface area contributed by atoms with Crippen LogP contribution in [-0.2, 0) is 9.46 Å². The van der Waals surface area contributed by atoms with Gasteiger partial charge in [-0.2, -0.15) is 0 Å². The van der Waals surface area contributed by atoms with E-state index in [4.69, 9.17) is 5.73 Å². The molecule has 0 saturated heterocycles. The first-order valence-corrected chi connectivity index (χ1v) is 6.26. The van der Waals surface area contributed by atoms with E-state index < -0.39 is 9.46 Å². The molecule has 0 saturated carbocycles. The lowest BCUT2D eigenvalue weighted by atomic mass is 10.2. The molecule has 0 fully saturated rings. The van der Waals surface area contributed by atoms with Crippen LogP contribution in [0.1, 0.15) is 5.56 Å². The van der Waals surface area contributed by atoms with E-state index >= 15 is 0 Å². The zero-order valence-electron chi connectivity index (χ0n) is 6.61. The molecule has 5 heteroatoms. The maximum atomic E-state index is 11.1. The van der Waals surface area contributed by atoms with Crippen molar-refractivity contribution in [3.8, 4) is 0 Å². The van der Waals surface area contributed by atoms with E-state index in [-0.39, 0.29) is 10.6 Å². The second-order valence-electron chi connectivity index (χ2n) is 2.59. The van der Waals surface area contributed by atoms with Crippen molar-refractivity contribution < 1.29 is 8.42 Å². The molecule has 0 bridgehead atoms. The number of hydrogen-bond acceptors (Lipinski definition) is 3. The molecule has 1 aromatic carbocycles. The first-order chi connectivity index (χ1) is 5.41. The third kappa shape index (κ3) is 1.96. The summed E-state index contributed by atoms with van der Waals surface area (Å²) in [5.74, 6) is 0. The Balaban J connectivity index is 3.43. The molecule has 0 spiro atoms. The fourth-order valence-electron chi connectivity index (χ4n) is 0.888. The Hall–Kier alpha value is -0.600. The van der Waals surface area contributed by atoms with Gasteiger partial charge < -0.3 is 5.73 Å². The van der Waals surface area contributed by atoms with E-state index in [2.05, 4.69) is 0 Å². The average molecular weight is 203 g/mol. The van der Waals surface area contributed by atoms with Crippen LogP contribution in [0, 0.1) is 6.92 Å². The Morgan fingerprint density at radius 3 is 2.42 bits per heavy atom. The van der Waals surface area contributed by atoms with Crippen LogP contribution in [0.5, 0.6) is 0 Å². The normalized spacial score (nSPS) is 11.5. The molecule has 0 radical (unpaired) electrons. The quantitative estimate of drug-likeness (QED) is 0.550. The lowest BCUT2D eigenvalue weighted by Crippen LogP contribution is -1.97. The summed E-state index contributed by atoms with van der Waals surface area (Å²) >= 11 is 0. The molecule has 66 valence electrons. The molecule has 1 rings (SSSR count). The van der Waals surface area contributed by atoms with E-state index in [9.17, 15) is 8.42 Å². The Morgan fingerprint density at radius 2 is 2.00 bits per heavy atom. The standard InChI is InChI=1S/C7H10NO2PS/c1-5-2-3-6(8)7(4-5)12(9,10)11/h2-4H,8,11H2,1H3. The maximum Gasteiger partial charge on any atom is 0.191 e. The van der Waals surface area contributed by atoms with Gasteiger partial charge in [-0.25, -0.2) is 8.42 Å². The highest BCUT2D eigenvalue weighted by Crippen LogP contribution is 2.24. The van der Waals surface area contributed by atoms with Gasteiger partial charge in [-0.1, -0.05) is 6.07 Å². The van der Waals surface area contributed by atoms with E-state index in [1.807, 2.05) is 6.92 Å². The molecular weight excluding hydrogens is 193 g/mol. The number of anilines is 1. The van der Waals surface area contributed by atoms with Crippen LogP contribution in [0.25, 0.3) is 0 Å². The van der Waals surface area contributed by atoms with Crippen molar-refractivity contribution >= 4 is 23.6 Å². The summed E-state index contributed by atoms with van der Waals surface area (Å²) in [6, 6.07) is 4.92. The number of hydrogen-bond donors (Lipinski definition) is 1. The van der Waals surface area contributed by atoms with Gasteiger partial charge in [0.15, 0.2) is 9.46 Å². The number of benzene rings is 1. The second kappa shape index (κ2) is 3.04. The third-order valence-corrected chi connectivity index (χ3v) is 3.20. The highest BCUT2D eigenvalue weighted by atomic mass is 32.7. The summed E-state index contributed by atoms with van der Waals surface area (Å²) in [4.78, 5) is 0.174. The highest BCUT2D eigenvalue weighted by molar-refractivity contribution is 8.37. The van der Waals surface area contributed by atoms with Gasteiger partial charge in [-0.05, 0) is 33.1 Å². The van der Waals surface area contributed by atoms with Crippen LogP contribution in [-0.4, -0.2) is 8.42 Å². The molecule has 0 aliphatic carbocycles. The lowest BCUT2D eigenvalue weighted by Gasteiger charge is -2.03. The monoisotopic (exact) mass is 203 g/mol. The summed E-state index contributed by atoms with van der Waals surface area (Å²) in [6.45, 7) is 1.82. The first kappa shape index (κ1) is 9.49. The second-order valence-corrected chi connectivity index (χ2v) is 5.98. The summed E-state index contributed by atoms with van der Waals surface area (Å²) < 4.78 is 22.2. The van der Waals surface area contributed by atoms with Crippen LogP contribution >= 0.6 is 8.44 Å². The van der Waals surface area contributed by atoms with Crippen molar-refractivity contribution in [1.82, 2.24) is 0 Å². The van der Waals surface area contributed by atoms with E-state index in [0.717, 1.165) is 5.56 Å². The SMILES string of the molecule is Cc1ccc(N)c(S(=O)(=O)P)c1. The molecule has 0 aliphatic rings. The average Bonchev–Trinajstić information content (AvgIpc) is 1.92. The number of nitrogens with two attached hydrogens (primary N) is 1. The predicted octanol–water partition coefficient (Wildman–Crippen LogP) is 1.14. The Morgan fingerprint density at radius 1 is 1.42 bits per heavy atom. The molecule has 0 amide bonds. The number of aryl methyl sites for hydroxylation is 1. The van der Waals surface area contributed by atoms with Gasteiger partial charge in [0.05, 0.1) is 10.6 Å². The van der Waals surface area contributed by atoms with Crippen LogP contribution in [0.2, 0.25) is 0 Å². The minimum atomic E-state index is -3.26. The lowest BCUT2D eigenvalue weighted by molar-refractivity contribution is 0.610. The Bertz CT molecular complexity index is 400. The van der Waals surface area contributed by atoms with Crippen molar-refractivity contribution in [3.63, 3.8) is 0 Å². The van der Waals surface area contributed by atoms with Gasteiger partial charge in [0.2, 0.25) is 0 Å². The molecule has 3 nitrogen and oxygen atoms in total. The van der Waals surface area contributed by atoms with E-state index in [1.54, 1.807) is 26.6 Å². The topological polar surface area (TPSA) is 60.2 Å². The molecular formula is C7H10NO2PS. The van der Waals surface area contributed by atoms with Gasteiger partial charge in [-0.15, -0.1) is 0 Å². The minimum Gasteiger partial charge on any atom is -0.398 e. The Labute approximate surface area is 73.8 Å². The van der Waals surface area contributed by atoms with Gasteiger partial charge in [0.25, 0.3) is 0 Å². The predicted molar refractivity (Wildman–Crippen MR) is 52.5 cm³/mol. The highest BCUT2D eigenvalue weighted by Gasteiger charge is 2.10. The molecule has 2 N–H and O–H groups in total. The third-order valence-electron chi connectivity index (χ3n) is 1.48. The summed E-state index contributed by atoms with van der Waals surface area (Å²) in [5.41, 5.74) is 6.65. The van der Waals surface area contributed by atoms with Crippen molar-refractivity contribution in [1.29, 1.82) is 0 Å². The fraction of sp³-hybridized carbons (Fsp3) is 0.143. The van der Waals surface area contributed by atoms with Crippen molar-refractivity contribution in [2.45, 2.75) is 11.8 Å². The fourth-order valence-corrected chi connectivity index (χ4v) is 2.25. The van der Waals surface area contributed by atoms with Gasteiger partial charge >= 0.3 is 0 Å². The molecule has 1 unspecified atom stereocenters. The Kier molecular flexibility index (Phi) is 2.40. The summed E-state index contributed by atoms with van der Waals surface area (Å²) in [6.07, 6.45) is 0. The van der Waals surface area contributed by atoms with Crippen molar-refractivity contribution in [2.24, 2.45) is 0 Å². The molecule has 0 aromatic heterocycles. The molecule has 1 atom stereocenters. The zero-order chi connectivity index (χ0) is 9.35. The van der Waals surface area contributed by atoms with Crippen LogP contribution in [0.15, 0.2) is 23.1 Å². The molecule has 0 aliphatic heterocycles. The smallest absolute Gasteiger partial charge is 0.191 e. The van der Waals surface area contributed by atoms with Crippen LogP contribution < -0.4 is 5.73 Å². The van der Waals surface area contributed by atoms with Crippen molar-refractivity contribution in [3.05, 3.63) is 23.8 Å².